The zero-order valence-electron chi connectivity index (χ0n) is 13.1. The van der Waals surface area contributed by atoms with Crippen molar-refractivity contribution in [2.24, 2.45) is 0 Å². The SMILES string of the molecule is CCNc1nc(-c2[nH]c(C)c(C(=O)OCC)c2C)c(C)s1. The van der Waals surface area contributed by atoms with E-state index in [1.165, 1.54) is 0 Å². The molecule has 2 heterocycles. The number of hydrogen-bond acceptors (Lipinski definition) is 5. The summed E-state index contributed by atoms with van der Waals surface area (Å²) in [5.41, 5.74) is 4.12. The first-order valence-corrected chi connectivity index (χ1v) is 7.89. The molecule has 0 aliphatic heterocycles. The van der Waals surface area contributed by atoms with E-state index >= 15 is 0 Å². The monoisotopic (exact) mass is 307 g/mol. The minimum Gasteiger partial charge on any atom is -0.462 e. The fourth-order valence-corrected chi connectivity index (χ4v) is 3.24. The quantitative estimate of drug-likeness (QED) is 0.827. The molecule has 2 aromatic heterocycles. The largest absolute Gasteiger partial charge is 0.462 e. The normalized spacial score (nSPS) is 10.7. The van der Waals surface area contributed by atoms with E-state index in [0.29, 0.717) is 12.2 Å². The van der Waals surface area contributed by atoms with Gasteiger partial charge in [-0.15, -0.1) is 11.3 Å². The Morgan fingerprint density at radius 2 is 2.05 bits per heavy atom. The van der Waals surface area contributed by atoms with Crippen LogP contribution in [0.25, 0.3) is 11.4 Å². The average Bonchev–Trinajstić information content (AvgIpc) is 2.90. The summed E-state index contributed by atoms with van der Waals surface area (Å²) in [4.78, 5) is 21.1. The molecule has 0 amide bonds. The van der Waals surface area contributed by atoms with Crippen LogP contribution in [0.15, 0.2) is 0 Å². The molecule has 2 rings (SSSR count). The Bertz CT molecular complexity index is 658. The molecular formula is C15H21N3O2S. The number of carbonyl (C=O) groups excluding carboxylic acids is 1. The molecule has 114 valence electrons. The number of carbonyl (C=O) groups is 1. The molecule has 0 unspecified atom stereocenters. The first-order valence-electron chi connectivity index (χ1n) is 7.07. The van der Waals surface area contributed by atoms with Gasteiger partial charge in [0.2, 0.25) is 0 Å². The van der Waals surface area contributed by atoms with Crippen molar-refractivity contribution in [2.75, 3.05) is 18.5 Å². The van der Waals surface area contributed by atoms with Crippen molar-refractivity contribution in [1.29, 1.82) is 0 Å². The second kappa shape index (κ2) is 6.30. The van der Waals surface area contributed by atoms with Crippen LogP contribution in [0.1, 0.15) is 40.3 Å². The van der Waals surface area contributed by atoms with Gasteiger partial charge in [0.1, 0.15) is 5.69 Å². The van der Waals surface area contributed by atoms with Gasteiger partial charge in [0.05, 0.1) is 17.9 Å². The van der Waals surface area contributed by atoms with Gasteiger partial charge in [-0.25, -0.2) is 9.78 Å². The van der Waals surface area contributed by atoms with Crippen molar-refractivity contribution in [2.45, 2.75) is 34.6 Å². The highest BCUT2D eigenvalue weighted by molar-refractivity contribution is 7.16. The van der Waals surface area contributed by atoms with Crippen molar-refractivity contribution >= 4 is 22.4 Å². The number of nitrogens with one attached hydrogen (secondary N) is 2. The zero-order valence-corrected chi connectivity index (χ0v) is 13.9. The zero-order chi connectivity index (χ0) is 15.6. The van der Waals surface area contributed by atoms with Gasteiger partial charge in [-0.1, -0.05) is 0 Å². The topological polar surface area (TPSA) is 67.0 Å². The molecule has 0 spiro atoms. The summed E-state index contributed by atoms with van der Waals surface area (Å²) < 4.78 is 5.12. The molecule has 2 aromatic rings. The second-order valence-electron chi connectivity index (χ2n) is 4.80. The van der Waals surface area contributed by atoms with E-state index in [4.69, 9.17) is 4.74 Å². The van der Waals surface area contributed by atoms with Gasteiger partial charge in [-0.2, -0.15) is 0 Å². The number of esters is 1. The van der Waals surface area contributed by atoms with Crippen LogP contribution in [-0.2, 0) is 4.74 Å². The van der Waals surface area contributed by atoms with Gasteiger partial charge in [0.25, 0.3) is 0 Å². The number of aromatic nitrogens is 2. The third kappa shape index (κ3) is 2.95. The molecule has 2 N–H and O–H groups in total. The second-order valence-corrected chi connectivity index (χ2v) is 6.00. The molecule has 0 saturated heterocycles. The minimum absolute atomic E-state index is 0.283. The molecule has 6 heteroatoms. The molecule has 5 nitrogen and oxygen atoms in total. The third-order valence-electron chi connectivity index (χ3n) is 3.28. The number of thiazole rings is 1. The van der Waals surface area contributed by atoms with Crippen LogP contribution in [0.3, 0.4) is 0 Å². The number of aromatic amines is 1. The number of nitrogens with zero attached hydrogens (tertiary/aromatic N) is 1. The lowest BCUT2D eigenvalue weighted by molar-refractivity contribution is 0.0525. The van der Waals surface area contributed by atoms with Crippen molar-refractivity contribution in [1.82, 2.24) is 9.97 Å². The Morgan fingerprint density at radius 3 is 2.67 bits per heavy atom. The van der Waals surface area contributed by atoms with E-state index in [-0.39, 0.29) is 5.97 Å². The third-order valence-corrected chi connectivity index (χ3v) is 4.21. The van der Waals surface area contributed by atoms with Crippen LogP contribution < -0.4 is 5.32 Å². The highest BCUT2D eigenvalue weighted by atomic mass is 32.1. The molecule has 0 bridgehead atoms. The number of ether oxygens (including phenoxy) is 1. The summed E-state index contributed by atoms with van der Waals surface area (Å²) >= 11 is 1.62. The fraction of sp³-hybridized carbons (Fsp3) is 0.467. The average molecular weight is 307 g/mol. The smallest absolute Gasteiger partial charge is 0.340 e. The number of anilines is 1. The molecule has 0 fully saturated rings. The van der Waals surface area contributed by atoms with Crippen molar-refractivity contribution in [3.05, 3.63) is 21.7 Å². The van der Waals surface area contributed by atoms with E-state index in [1.807, 2.05) is 34.6 Å². The van der Waals surface area contributed by atoms with Gasteiger partial charge in [0.15, 0.2) is 5.13 Å². The van der Waals surface area contributed by atoms with Gasteiger partial charge in [0, 0.05) is 17.1 Å². The highest BCUT2D eigenvalue weighted by Gasteiger charge is 2.22. The van der Waals surface area contributed by atoms with Crippen LogP contribution in [0.2, 0.25) is 0 Å². The Morgan fingerprint density at radius 1 is 1.33 bits per heavy atom. The first kappa shape index (κ1) is 15.6. The molecule has 0 atom stereocenters. The summed E-state index contributed by atoms with van der Waals surface area (Å²) in [5.74, 6) is -0.283. The lowest BCUT2D eigenvalue weighted by atomic mass is 10.1. The number of H-pyrrole nitrogens is 1. The Hall–Kier alpha value is -1.82. The van der Waals surface area contributed by atoms with Crippen molar-refractivity contribution < 1.29 is 9.53 Å². The lowest BCUT2D eigenvalue weighted by Gasteiger charge is -2.02. The highest BCUT2D eigenvalue weighted by Crippen LogP contribution is 2.34. The summed E-state index contributed by atoms with van der Waals surface area (Å²) in [7, 11) is 0. The Kier molecular flexibility index (Phi) is 4.67. The lowest BCUT2D eigenvalue weighted by Crippen LogP contribution is -2.06. The van der Waals surface area contributed by atoms with E-state index in [0.717, 1.165) is 39.2 Å². The molecular weight excluding hydrogens is 286 g/mol. The minimum atomic E-state index is -0.283. The van der Waals surface area contributed by atoms with E-state index < -0.39 is 0 Å². The Balaban J connectivity index is 2.46. The molecule has 0 aliphatic rings. The van der Waals surface area contributed by atoms with Crippen LogP contribution in [0, 0.1) is 20.8 Å². The van der Waals surface area contributed by atoms with Gasteiger partial charge < -0.3 is 15.0 Å². The maximum Gasteiger partial charge on any atom is 0.340 e. The van der Waals surface area contributed by atoms with E-state index in [9.17, 15) is 4.79 Å². The number of aryl methyl sites for hydroxylation is 2. The van der Waals surface area contributed by atoms with Crippen LogP contribution in [0.5, 0.6) is 0 Å². The number of rotatable bonds is 5. The first-order chi connectivity index (χ1) is 9.99. The molecule has 21 heavy (non-hydrogen) atoms. The van der Waals surface area contributed by atoms with Gasteiger partial charge in [-0.05, 0) is 40.2 Å². The predicted octanol–water partition coefficient (Wildman–Crippen LogP) is 3.67. The van der Waals surface area contributed by atoms with Crippen molar-refractivity contribution in [3.8, 4) is 11.4 Å². The molecule has 0 aromatic carbocycles. The molecule has 0 radical (unpaired) electrons. The Labute approximate surface area is 128 Å². The number of hydrogen-bond donors (Lipinski definition) is 2. The standard InChI is InChI=1S/C15H21N3O2S/c1-6-16-15-18-13(10(5)21-15)12-8(3)11(9(4)17-12)14(19)20-7-2/h17H,6-7H2,1-5H3,(H,16,18). The maximum atomic E-state index is 12.1. The molecule has 0 aliphatic carbocycles. The fourth-order valence-electron chi connectivity index (χ4n) is 2.35. The predicted molar refractivity (Wildman–Crippen MR) is 86.2 cm³/mol. The summed E-state index contributed by atoms with van der Waals surface area (Å²) in [6.07, 6.45) is 0. The van der Waals surface area contributed by atoms with E-state index in [2.05, 4.69) is 15.3 Å². The summed E-state index contributed by atoms with van der Waals surface area (Å²) in [6.45, 7) is 10.9. The van der Waals surface area contributed by atoms with E-state index in [1.54, 1.807) is 11.3 Å². The van der Waals surface area contributed by atoms with Crippen LogP contribution in [-0.4, -0.2) is 29.1 Å². The van der Waals surface area contributed by atoms with Crippen LogP contribution in [0.4, 0.5) is 5.13 Å². The van der Waals surface area contributed by atoms with Gasteiger partial charge >= 0.3 is 5.97 Å². The summed E-state index contributed by atoms with van der Waals surface area (Å²) in [6, 6.07) is 0. The van der Waals surface area contributed by atoms with Crippen LogP contribution >= 0.6 is 11.3 Å². The summed E-state index contributed by atoms with van der Waals surface area (Å²) in [5, 5.41) is 4.12. The maximum absolute atomic E-state index is 12.1. The van der Waals surface area contributed by atoms with Gasteiger partial charge in [-0.3, -0.25) is 0 Å². The molecule has 0 saturated carbocycles. The van der Waals surface area contributed by atoms with Crippen molar-refractivity contribution in [3.63, 3.8) is 0 Å².